The number of anilines is 1. The Hall–Kier alpha value is -1.11. The van der Waals surface area contributed by atoms with Gasteiger partial charge in [0.05, 0.1) is 29.5 Å². The second kappa shape index (κ2) is 7.35. The first-order chi connectivity index (χ1) is 8.58. The maximum atomic E-state index is 12.0. The number of rotatable bonds is 8. The number of hydrogen-bond acceptors (Lipinski definition) is 5. The van der Waals surface area contributed by atoms with E-state index in [0.717, 1.165) is 0 Å². The molecule has 0 aliphatic carbocycles. The molecule has 0 saturated heterocycles. The zero-order valence-corrected chi connectivity index (χ0v) is 11.3. The van der Waals surface area contributed by atoms with E-state index in [0.29, 0.717) is 26.2 Å². The molecule has 2 N–H and O–H groups in total. The molecule has 0 aromatic heterocycles. The zero-order chi connectivity index (χ0) is 13.4. The average molecular weight is 273 g/mol. The molecule has 1 rings (SSSR count). The Labute approximate surface area is 108 Å². The number of para-hydroxylation sites is 1. The van der Waals surface area contributed by atoms with E-state index < -0.39 is 9.84 Å². The molecular formula is C12H19NO4S. The summed E-state index contributed by atoms with van der Waals surface area (Å²) in [4.78, 5) is 0.196. The molecule has 0 aliphatic rings. The number of sulfone groups is 1. The highest BCUT2D eigenvalue weighted by Gasteiger charge is 2.16. The highest BCUT2D eigenvalue weighted by atomic mass is 32.2. The van der Waals surface area contributed by atoms with Crippen molar-refractivity contribution in [2.75, 3.05) is 38.4 Å². The first-order valence-electron chi connectivity index (χ1n) is 5.72. The smallest absolute Gasteiger partial charge is 0.180 e. The molecule has 0 spiro atoms. The molecule has 102 valence electrons. The fourth-order valence-corrected chi connectivity index (χ4v) is 2.90. The minimum atomic E-state index is -3.32. The van der Waals surface area contributed by atoms with E-state index in [1.165, 1.54) is 6.07 Å². The van der Waals surface area contributed by atoms with E-state index in [2.05, 4.69) is 0 Å². The van der Waals surface area contributed by atoms with Gasteiger partial charge in [0.2, 0.25) is 0 Å². The molecule has 1 aromatic carbocycles. The summed E-state index contributed by atoms with van der Waals surface area (Å²) in [7, 11) is -1.73. The van der Waals surface area contributed by atoms with Crippen LogP contribution in [0.4, 0.5) is 5.69 Å². The number of ether oxygens (including phenoxy) is 2. The van der Waals surface area contributed by atoms with E-state index >= 15 is 0 Å². The van der Waals surface area contributed by atoms with Crippen LogP contribution in [0.1, 0.15) is 6.42 Å². The predicted octanol–water partition coefficient (Wildman–Crippen LogP) is 1.10. The number of nitrogens with two attached hydrogens (primary N) is 1. The van der Waals surface area contributed by atoms with Crippen molar-refractivity contribution in [3.8, 4) is 0 Å². The first-order valence-corrected chi connectivity index (χ1v) is 7.37. The zero-order valence-electron chi connectivity index (χ0n) is 10.5. The maximum Gasteiger partial charge on any atom is 0.180 e. The van der Waals surface area contributed by atoms with Crippen LogP contribution >= 0.6 is 0 Å². The van der Waals surface area contributed by atoms with Gasteiger partial charge in [-0.05, 0) is 18.6 Å². The van der Waals surface area contributed by atoms with Crippen LogP contribution < -0.4 is 5.73 Å². The second-order valence-electron chi connectivity index (χ2n) is 3.82. The van der Waals surface area contributed by atoms with E-state index in [4.69, 9.17) is 15.2 Å². The van der Waals surface area contributed by atoms with Gasteiger partial charge in [-0.25, -0.2) is 8.42 Å². The van der Waals surface area contributed by atoms with E-state index in [9.17, 15) is 8.42 Å². The van der Waals surface area contributed by atoms with Gasteiger partial charge < -0.3 is 15.2 Å². The van der Waals surface area contributed by atoms with Crippen molar-refractivity contribution in [2.45, 2.75) is 11.3 Å². The van der Waals surface area contributed by atoms with Crippen molar-refractivity contribution in [3.63, 3.8) is 0 Å². The number of hydrogen-bond donors (Lipinski definition) is 1. The lowest BCUT2D eigenvalue weighted by atomic mass is 10.3. The van der Waals surface area contributed by atoms with Crippen LogP contribution in [0.15, 0.2) is 29.2 Å². The van der Waals surface area contributed by atoms with Crippen LogP contribution in [0.25, 0.3) is 0 Å². The van der Waals surface area contributed by atoms with Crippen molar-refractivity contribution < 1.29 is 17.9 Å². The molecule has 1 aromatic rings. The average Bonchev–Trinajstić information content (AvgIpc) is 2.34. The van der Waals surface area contributed by atoms with Gasteiger partial charge in [0.15, 0.2) is 9.84 Å². The van der Waals surface area contributed by atoms with Crippen LogP contribution in [-0.2, 0) is 19.3 Å². The summed E-state index contributed by atoms with van der Waals surface area (Å²) in [6, 6.07) is 6.49. The van der Waals surface area contributed by atoms with E-state index in [1.54, 1.807) is 25.3 Å². The van der Waals surface area contributed by atoms with Crippen LogP contribution in [0.3, 0.4) is 0 Å². The number of methoxy groups -OCH3 is 1. The topological polar surface area (TPSA) is 78.6 Å². The minimum absolute atomic E-state index is 0.0359. The van der Waals surface area contributed by atoms with Gasteiger partial charge in [0, 0.05) is 13.7 Å². The summed E-state index contributed by atoms with van der Waals surface area (Å²) < 4.78 is 34.0. The van der Waals surface area contributed by atoms with Gasteiger partial charge >= 0.3 is 0 Å². The van der Waals surface area contributed by atoms with E-state index in [-0.39, 0.29) is 16.3 Å². The monoisotopic (exact) mass is 273 g/mol. The van der Waals surface area contributed by atoms with E-state index in [1.807, 2.05) is 0 Å². The first kappa shape index (κ1) is 14.9. The summed E-state index contributed by atoms with van der Waals surface area (Å²) >= 11 is 0. The molecule has 0 heterocycles. The normalized spacial score (nSPS) is 11.6. The van der Waals surface area contributed by atoms with Gasteiger partial charge in [0.1, 0.15) is 0 Å². The van der Waals surface area contributed by atoms with Crippen LogP contribution in [0, 0.1) is 0 Å². The summed E-state index contributed by atoms with van der Waals surface area (Å²) in [5.41, 5.74) is 5.94. The molecule has 0 atom stereocenters. The third-order valence-corrected chi connectivity index (χ3v) is 4.26. The van der Waals surface area contributed by atoms with Crippen LogP contribution in [0.5, 0.6) is 0 Å². The van der Waals surface area contributed by atoms with Crippen LogP contribution in [-0.4, -0.2) is 41.1 Å². The van der Waals surface area contributed by atoms with Gasteiger partial charge in [-0.3, -0.25) is 0 Å². The number of nitrogen functional groups attached to an aromatic ring is 1. The highest BCUT2D eigenvalue weighted by Crippen LogP contribution is 2.19. The van der Waals surface area contributed by atoms with Crippen molar-refractivity contribution in [3.05, 3.63) is 24.3 Å². The van der Waals surface area contributed by atoms with Crippen LogP contribution in [0.2, 0.25) is 0 Å². The Morgan fingerprint density at radius 1 is 1.17 bits per heavy atom. The Kier molecular flexibility index (Phi) is 6.11. The molecule has 6 heteroatoms. The predicted molar refractivity (Wildman–Crippen MR) is 70.2 cm³/mol. The third kappa shape index (κ3) is 4.64. The summed E-state index contributed by atoms with van der Waals surface area (Å²) in [6.45, 7) is 1.39. The van der Waals surface area contributed by atoms with Gasteiger partial charge in [-0.15, -0.1) is 0 Å². The lowest BCUT2D eigenvalue weighted by Crippen LogP contribution is -2.12. The molecule has 0 unspecified atom stereocenters. The molecule has 0 fully saturated rings. The molecule has 18 heavy (non-hydrogen) atoms. The Balaban J connectivity index is 2.44. The molecular weight excluding hydrogens is 254 g/mol. The third-order valence-electron chi connectivity index (χ3n) is 2.39. The maximum absolute atomic E-state index is 12.0. The fourth-order valence-electron chi connectivity index (χ4n) is 1.47. The van der Waals surface area contributed by atoms with Crippen molar-refractivity contribution in [2.24, 2.45) is 0 Å². The Bertz CT molecular complexity index is 459. The largest absolute Gasteiger partial charge is 0.398 e. The van der Waals surface area contributed by atoms with Gasteiger partial charge in [0.25, 0.3) is 0 Å². The quantitative estimate of drug-likeness (QED) is 0.566. The lowest BCUT2D eigenvalue weighted by Gasteiger charge is -2.07. The van der Waals surface area contributed by atoms with Crippen molar-refractivity contribution in [1.29, 1.82) is 0 Å². The Morgan fingerprint density at radius 3 is 2.56 bits per heavy atom. The van der Waals surface area contributed by atoms with Gasteiger partial charge in [-0.2, -0.15) is 0 Å². The lowest BCUT2D eigenvalue weighted by molar-refractivity contribution is 0.0712. The summed E-state index contributed by atoms with van der Waals surface area (Å²) in [5.74, 6) is 0.0359. The summed E-state index contributed by atoms with van der Waals surface area (Å²) in [6.07, 6.45) is 0.445. The fraction of sp³-hybridized carbons (Fsp3) is 0.500. The molecule has 0 bridgehead atoms. The standard InChI is InChI=1S/C12H19NO4S/c1-16-8-9-17-7-4-10-18(14,15)12-6-3-2-5-11(12)13/h2-3,5-6H,4,7-10,13H2,1H3. The molecule has 5 nitrogen and oxygen atoms in total. The molecule has 0 aliphatic heterocycles. The SMILES string of the molecule is COCCOCCCS(=O)(=O)c1ccccc1N. The minimum Gasteiger partial charge on any atom is -0.398 e. The number of benzene rings is 1. The molecule has 0 amide bonds. The van der Waals surface area contributed by atoms with Crippen molar-refractivity contribution >= 4 is 15.5 Å². The highest BCUT2D eigenvalue weighted by molar-refractivity contribution is 7.91. The second-order valence-corrected chi connectivity index (χ2v) is 5.89. The molecule has 0 radical (unpaired) electrons. The summed E-state index contributed by atoms with van der Waals surface area (Å²) in [5, 5.41) is 0. The Morgan fingerprint density at radius 2 is 1.89 bits per heavy atom. The van der Waals surface area contributed by atoms with Crippen molar-refractivity contribution in [1.82, 2.24) is 0 Å². The van der Waals surface area contributed by atoms with Gasteiger partial charge in [-0.1, -0.05) is 12.1 Å². The molecule has 0 saturated carbocycles.